The summed E-state index contributed by atoms with van der Waals surface area (Å²) in [5.74, 6) is -1.81. The Morgan fingerprint density at radius 3 is 0.619 bits per heavy atom. The van der Waals surface area contributed by atoms with Crippen LogP contribution in [0.1, 0.15) is 219 Å². The smallest absolute Gasteiger partial charge is 0.550 e. The molecule has 0 N–H and O–H groups in total. The van der Waals surface area contributed by atoms with Crippen molar-refractivity contribution >= 4 is 60.6 Å². The van der Waals surface area contributed by atoms with Crippen LogP contribution in [0.2, 0.25) is 0 Å². The van der Waals surface area contributed by atoms with E-state index in [2.05, 4.69) is 13.8 Å². The summed E-state index contributed by atoms with van der Waals surface area (Å²) in [6.45, 7) is 4.53. The molecule has 0 unspecified atom stereocenters. The Morgan fingerprint density at radius 2 is 0.476 bits per heavy atom. The summed E-state index contributed by atoms with van der Waals surface area (Å²) in [4.78, 5) is 20.4. The first-order valence-corrected chi connectivity index (χ1v) is 17.9. The van der Waals surface area contributed by atoms with Gasteiger partial charge in [0.2, 0.25) is 0 Å². The summed E-state index contributed by atoms with van der Waals surface area (Å²) in [7, 11) is 0. The van der Waals surface area contributed by atoms with E-state index in [4.69, 9.17) is 0 Å². The van der Waals surface area contributed by atoms with Crippen molar-refractivity contribution in [1.82, 2.24) is 0 Å². The van der Waals surface area contributed by atoms with Crippen molar-refractivity contribution in [2.45, 2.75) is 219 Å². The number of unbranched alkanes of at least 4 members (excludes halogenated alkanes) is 28. The third-order valence-corrected chi connectivity index (χ3v) is 7.97. The quantitative estimate of drug-likeness (QED) is 0.0546. The van der Waals surface area contributed by atoms with E-state index < -0.39 is 11.9 Å². The van der Waals surface area contributed by atoms with Gasteiger partial charge in [0.1, 0.15) is 0 Å². The number of carboxylic acid groups (broad SMARTS) is 2. The minimum atomic E-state index is -0.903. The van der Waals surface area contributed by atoms with Crippen LogP contribution in [0.4, 0.5) is 0 Å². The van der Waals surface area contributed by atoms with Gasteiger partial charge in [0.25, 0.3) is 0 Å². The van der Waals surface area contributed by atoms with Crippen LogP contribution in [0.15, 0.2) is 0 Å². The molecular formula is C36H70CaO4Si. The van der Waals surface area contributed by atoms with Crippen LogP contribution in [0.3, 0.4) is 0 Å². The second kappa shape index (κ2) is 45.8. The predicted molar refractivity (Wildman–Crippen MR) is 181 cm³/mol. The number of hydrogen-bond acceptors (Lipinski definition) is 4. The zero-order valence-electron chi connectivity index (χ0n) is 28.5. The Kier molecular flexibility index (Phi) is 53.8. The van der Waals surface area contributed by atoms with Gasteiger partial charge in [-0.05, 0) is 25.7 Å². The van der Waals surface area contributed by atoms with Gasteiger partial charge in [0.05, 0.1) is 0 Å². The van der Waals surface area contributed by atoms with Gasteiger partial charge in [-0.15, -0.1) is 0 Å². The maximum Gasteiger partial charge on any atom is 2.00 e. The molecule has 0 aliphatic rings. The van der Waals surface area contributed by atoms with Gasteiger partial charge in [-0.1, -0.05) is 194 Å². The van der Waals surface area contributed by atoms with E-state index in [9.17, 15) is 19.8 Å². The molecule has 6 heteroatoms. The normalized spacial score (nSPS) is 10.3. The molecule has 0 fully saturated rings. The van der Waals surface area contributed by atoms with Crippen LogP contribution in [0.25, 0.3) is 0 Å². The van der Waals surface area contributed by atoms with E-state index in [1.54, 1.807) is 0 Å². The van der Waals surface area contributed by atoms with Gasteiger partial charge in [0.15, 0.2) is 0 Å². The maximum absolute atomic E-state index is 10.2. The fourth-order valence-electron chi connectivity index (χ4n) is 5.28. The molecule has 42 heavy (non-hydrogen) atoms. The van der Waals surface area contributed by atoms with Crippen molar-refractivity contribution in [3.05, 3.63) is 0 Å². The molecule has 0 aliphatic carbocycles. The molecule has 0 saturated carbocycles. The monoisotopic (exact) mass is 634 g/mol. The van der Waals surface area contributed by atoms with Gasteiger partial charge in [-0.2, -0.15) is 0 Å². The molecule has 0 atom stereocenters. The number of hydrogen-bond donors (Lipinski definition) is 0. The number of rotatable bonds is 32. The third-order valence-electron chi connectivity index (χ3n) is 7.97. The van der Waals surface area contributed by atoms with Crippen molar-refractivity contribution in [3.8, 4) is 0 Å². The topological polar surface area (TPSA) is 80.3 Å². The van der Waals surface area contributed by atoms with Crippen molar-refractivity contribution < 1.29 is 19.8 Å². The molecule has 0 aliphatic heterocycles. The zero-order chi connectivity index (χ0) is 29.8. The summed E-state index contributed by atoms with van der Waals surface area (Å²) >= 11 is 0. The molecule has 4 nitrogen and oxygen atoms in total. The Bertz CT molecular complexity index is 461. The van der Waals surface area contributed by atoms with Crippen LogP contribution >= 0.6 is 0 Å². The SMILES string of the molecule is CCCCCCCCCCCCCCCCCC(=O)[O-].CCCCCCCCCCCCCCCCCC(=O)[O-].[Ca+2].[Si]. The summed E-state index contributed by atoms with van der Waals surface area (Å²) in [6, 6.07) is 0. The fourth-order valence-corrected chi connectivity index (χ4v) is 5.28. The standard InChI is InChI=1S/2C18H36O2.Ca.Si/c2*1-2-3-4-5-6-7-8-9-10-11-12-13-14-15-16-17-18(19)20;;/h2*2-17H2,1H3,(H,19,20);;/q;;+2;/p-2. The molecule has 0 rings (SSSR count). The molecule has 0 saturated heterocycles. The number of carboxylic acids is 2. The van der Waals surface area contributed by atoms with Gasteiger partial charge in [-0.25, -0.2) is 0 Å². The minimum Gasteiger partial charge on any atom is -0.550 e. The summed E-state index contributed by atoms with van der Waals surface area (Å²) in [5.41, 5.74) is 0. The molecule has 0 bridgehead atoms. The molecule has 0 amide bonds. The van der Waals surface area contributed by atoms with E-state index in [1.807, 2.05) is 0 Å². The molecule has 0 aromatic carbocycles. The van der Waals surface area contributed by atoms with Crippen molar-refractivity contribution in [1.29, 1.82) is 0 Å². The number of carbonyl (C=O) groups excluding carboxylic acids is 2. The first-order valence-electron chi connectivity index (χ1n) is 17.9. The maximum atomic E-state index is 10.2. The predicted octanol–water partition coefficient (Wildman–Crippen LogP) is 9.23. The van der Waals surface area contributed by atoms with Crippen LogP contribution in [-0.2, 0) is 9.59 Å². The average Bonchev–Trinajstić information content (AvgIpc) is 2.93. The molecule has 0 heterocycles. The average molecular weight is 635 g/mol. The van der Waals surface area contributed by atoms with Gasteiger partial charge < -0.3 is 19.8 Å². The van der Waals surface area contributed by atoms with E-state index in [1.165, 1.54) is 167 Å². The van der Waals surface area contributed by atoms with Crippen LogP contribution in [0.5, 0.6) is 0 Å². The minimum absolute atomic E-state index is 0. The summed E-state index contributed by atoms with van der Waals surface area (Å²) < 4.78 is 0. The van der Waals surface area contributed by atoms with Gasteiger partial charge in [0, 0.05) is 22.9 Å². The van der Waals surface area contributed by atoms with E-state index in [0.717, 1.165) is 25.7 Å². The van der Waals surface area contributed by atoms with Crippen molar-refractivity contribution in [2.24, 2.45) is 0 Å². The molecule has 244 valence electrons. The van der Waals surface area contributed by atoms with Crippen molar-refractivity contribution in [3.63, 3.8) is 0 Å². The second-order valence-corrected chi connectivity index (χ2v) is 12.1. The van der Waals surface area contributed by atoms with Gasteiger partial charge >= 0.3 is 37.7 Å². The number of carbonyl (C=O) groups is 2. The van der Waals surface area contributed by atoms with Crippen LogP contribution in [-0.4, -0.2) is 60.6 Å². The van der Waals surface area contributed by atoms with E-state index >= 15 is 0 Å². The molecule has 0 aromatic heterocycles. The van der Waals surface area contributed by atoms with E-state index in [0.29, 0.717) is 0 Å². The molecule has 0 aromatic rings. The Morgan fingerprint density at radius 1 is 0.333 bits per heavy atom. The first kappa shape index (κ1) is 49.3. The molecule has 0 spiro atoms. The van der Waals surface area contributed by atoms with Crippen LogP contribution in [0, 0.1) is 0 Å². The first-order chi connectivity index (χ1) is 19.5. The van der Waals surface area contributed by atoms with Gasteiger partial charge in [-0.3, -0.25) is 0 Å². The van der Waals surface area contributed by atoms with E-state index in [-0.39, 0.29) is 61.5 Å². The summed E-state index contributed by atoms with van der Waals surface area (Å²) in [5, 5.41) is 20.4. The molecule has 4 radical (unpaired) electrons. The molecular weight excluding hydrogens is 565 g/mol. The Balaban J connectivity index is -0.000000328. The number of aliphatic carboxylic acids is 2. The fraction of sp³-hybridized carbons (Fsp3) is 0.944. The third kappa shape index (κ3) is 53.0. The largest absolute Gasteiger partial charge is 2.00 e. The zero-order valence-corrected chi connectivity index (χ0v) is 31.7. The summed E-state index contributed by atoms with van der Waals surface area (Å²) in [6.07, 6.45) is 39.7. The Hall–Kier alpha value is 0.417. The van der Waals surface area contributed by atoms with Crippen LogP contribution < -0.4 is 10.2 Å². The Labute approximate surface area is 297 Å². The second-order valence-electron chi connectivity index (χ2n) is 12.1. The van der Waals surface area contributed by atoms with Crippen molar-refractivity contribution in [2.75, 3.05) is 0 Å².